The zero-order valence-corrected chi connectivity index (χ0v) is 15.6. The van der Waals surface area contributed by atoms with E-state index >= 15 is 0 Å². The quantitative estimate of drug-likeness (QED) is 0.570. The summed E-state index contributed by atoms with van der Waals surface area (Å²) in [5.41, 5.74) is 0.225. The minimum absolute atomic E-state index is 0.000935. The third-order valence-corrected chi connectivity index (χ3v) is 4.87. The van der Waals surface area contributed by atoms with E-state index in [4.69, 9.17) is 16.7 Å². The SMILES string of the molecule is CC(Cc1ccc2c(Cl)c(O)ccc2c1)C(=O)Nc1cccc(F)c1C(=O)O. The van der Waals surface area contributed by atoms with Gasteiger partial charge in [0.25, 0.3) is 0 Å². The van der Waals surface area contributed by atoms with Crippen LogP contribution in [-0.2, 0) is 11.2 Å². The van der Waals surface area contributed by atoms with Crippen LogP contribution < -0.4 is 5.32 Å². The van der Waals surface area contributed by atoms with Gasteiger partial charge in [-0.15, -0.1) is 0 Å². The van der Waals surface area contributed by atoms with Crippen LogP contribution in [0, 0.1) is 11.7 Å². The molecule has 0 heterocycles. The third kappa shape index (κ3) is 3.92. The number of halogens is 2. The van der Waals surface area contributed by atoms with E-state index < -0.39 is 29.2 Å². The second-order valence-electron chi connectivity index (χ2n) is 6.52. The van der Waals surface area contributed by atoms with Crippen LogP contribution in [0.1, 0.15) is 22.8 Å². The van der Waals surface area contributed by atoms with Gasteiger partial charge in [-0.25, -0.2) is 9.18 Å². The van der Waals surface area contributed by atoms with Crippen LogP contribution in [0.3, 0.4) is 0 Å². The minimum Gasteiger partial charge on any atom is -0.506 e. The van der Waals surface area contributed by atoms with Crippen molar-refractivity contribution < 1.29 is 24.2 Å². The van der Waals surface area contributed by atoms with E-state index in [0.717, 1.165) is 17.0 Å². The van der Waals surface area contributed by atoms with Crippen molar-refractivity contribution in [3.8, 4) is 5.75 Å². The fourth-order valence-corrected chi connectivity index (χ4v) is 3.24. The molecule has 3 N–H and O–H groups in total. The highest BCUT2D eigenvalue weighted by Crippen LogP contribution is 2.32. The molecule has 0 aromatic heterocycles. The van der Waals surface area contributed by atoms with E-state index in [9.17, 15) is 19.1 Å². The number of fused-ring (bicyclic) bond motifs is 1. The van der Waals surface area contributed by atoms with Crippen LogP contribution in [0.5, 0.6) is 5.75 Å². The first kappa shape index (κ1) is 19.6. The molecule has 0 saturated heterocycles. The molecule has 1 atom stereocenters. The molecular formula is C21H17ClFNO4. The lowest BCUT2D eigenvalue weighted by atomic mass is 9.97. The summed E-state index contributed by atoms with van der Waals surface area (Å²) in [5.74, 6) is -3.27. The van der Waals surface area contributed by atoms with Crippen LogP contribution in [0.15, 0.2) is 48.5 Å². The lowest BCUT2D eigenvalue weighted by Gasteiger charge is -2.14. The highest BCUT2D eigenvalue weighted by atomic mass is 35.5. The van der Waals surface area contributed by atoms with Crippen LogP contribution in [0.4, 0.5) is 10.1 Å². The number of aromatic hydroxyl groups is 1. The molecule has 0 bridgehead atoms. The number of benzene rings is 3. The molecule has 144 valence electrons. The number of carboxylic acids is 1. The van der Waals surface area contributed by atoms with E-state index in [1.165, 1.54) is 18.2 Å². The number of aromatic carboxylic acids is 1. The van der Waals surface area contributed by atoms with Crippen LogP contribution in [-0.4, -0.2) is 22.1 Å². The van der Waals surface area contributed by atoms with Crippen molar-refractivity contribution in [1.82, 2.24) is 0 Å². The molecule has 1 unspecified atom stereocenters. The summed E-state index contributed by atoms with van der Waals surface area (Å²) in [6.45, 7) is 1.70. The number of phenols is 1. The normalized spacial score (nSPS) is 12.0. The highest BCUT2D eigenvalue weighted by Gasteiger charge is 2.20. The summed E-state index contributed by atoms with van der Waals surface area (Å²) in [6.07, 6.45) is 0.387. The molecule has 0 aliphatic rings. The Bertz CT molecular complexity index is 1080. The molecule has 3 rings (SSSR count). The van der Waals surface area contributed by atoms with Crippen molar-refractivity contribution in [2.45, 2.75) is 13.3 Å². The first-order valence-corrected chi connectivity index (χ1v) is 8.88. The number of hydrogen-bond acceptors (Lipinski definition) is 3. The number of carbonyl (C=O) groups is 2. The Morgan fingerprint density at radius 1 is 1.18 bits per heavy atom. The van der Waals surface area contributed by atoms with Gasteiger partial charge in [-0.1, -0.05) is 48.9 Å². The first-order chi connectivity index (χ1) is 13.3. The third-order valence-electron chi connectivity index (χ3n) is 4.47. The Balaban J connectivity index is 1.78. The second kappa shape index (κ2) is 7.86. The number of rotatable bonds is 5. The minimum atomic E-state index is -1.45. The molecule has 0 aliphatic heterocycles. The van der Waals surface area contributed by atoms with Crippen molar-refractivity contribution in [3.63, 3.8) is 0 Å². The van der Waals surface area contributed by atoms with Gasteiger partial charge in [0, 0.05) is 11.3 Å². The molecule has 0 fully saturated rings. The Hall–Kier alpha value is -3.12. The molecule has 0 spiro atoms. The van der Waals surface area contributed by atoms with Gasteiger partial charge in [0.05, 0.1) is 10.7 Å². The maximum absolute atomic E-state index is 13.7. The molecule has 0 radical (unpaired) electrons. The Kier molecular flexibility index (Phi) is 5.51. The van der Waals surface area contributed by atoms with Crippen molar-refractivity contribution >= 4 is 39.9 Å². The zero-order valence-electron chi connectivity index (χ0n) is 14.9. The summed E-state index contributed by atoms with van der Waals surface area (Å²) in [7, 11) is 0. The second-order valence-corrected chi connectivity index (χ2v) is 6.89. The molecule has 3 aromatic rings. The van der Waals surface area contributed by atoms with Crippen molar-refractivity contribution in [2.75, 3.05) is 5.32 Å². The standard InChI is InChI=1S/C21H17ClFNO4/c1-11(20(26)24-16-4-2-3-15(23)18(16)21(27)28)9-12-5-7-14-13(10-12)6-8-17(25)19(14)22/h2-8,10-11,25H,9H2,1H3,(H,24,26)(H,27,28). The van der Waals surface area contributed by atoms with E-state index in [1.807, 2.05) is 12.1 Å². The van der Waals surface area contributed by atoms with E-state index in [2.05, 4.69) is 5.32 Å². The molecule has 5 nitrogen and oxygen atoms in total. The van der Waals surface area contributed by atoms with Gasteiger partial charge < -0.3 is 15.5 Å². The number of amides is 1. The Morgan fingerprint density at radius 3 is 2.64 bits per heavy atom. The van der Waals surface area contributed by atoms with Crippen molar-refractivity contribution in [2.24, 2.45) is 5.92 Å². The van der Waals surface area contributed by atoms with Gasteiger partial charge in [0.1, 0.15) is 17.1 Å². The van der Waals surface area contributed by atoms with Crippen molar-refractivity contribution in [3.05, 3.63) is 70.5 Å². The lowest BCUT2D eigenvalue weighted by molar-refractivity contribution is -0.119. The topological polar surface area (TPSA) is 86.6 Å². The van der Waals surface area contributed by atoms with Gasteiger partial charge in [-0.05, 0) is 35.6 Å². The number of phenolic OH excluding ortho intramolecular Hbond substituents is 1. The predicted molar refractivity (Wildman–Crippen MR) is 105 cm³/mol. The molecule has 0 aliphatic carbocycles. The van der Waals surface area contributed by atoms with Gasteiger partial charge >= 0.3 is 5.97 Å². The number of carbonyl (C=O) groups excluding carboxylic acids is 1. The number of nitrogens with one attached hydrogen (secondary N) is 1. The van der Waals surface area contributed by atoms with E-state index in [1.54, 1.807) is 19.1 Å². The predicted octanol–water partition coefficient (Wildman–Crippen LogP) is 4.85. The number of hydrogen-bond donors (Lipinski definition) is 3. The summed E-state index contributed by atoms with van der Waals surface area (Å²) < 4.78 is 13.7. The summed E-state index contributed by atoms with van der Waals surface area (Å²) in [4.78, 5) is 23.7. The molecule has 1 amide bonds. The van der Waals surface area contributed by atoms with E-state index in [-0.39, 0.29) is 16.5 Å². The van der Waals surface area contributed by atoms with Crippen LogP contribution in [0.2, 0.25) is 5.02 Å². The molecule has 7 heteroatoms. The highest BCUT2D eigenvalue weighted by molar-refractivity contribution is 6.37. The molecular weight excluding hydrogens is 385 g/mol. The number of anilines is 1. The lowest BCUT2D eigenvalue weighted by Crippen LogP contribution is -2.23. The van der Waals surface area contributed by atoms with Gasteiger partial charge in [-0.2, -0.15) is 0 Å². The maximum Gasteiger partial charge on any atom is 0.340 e. The first-order valence-electron chi connectivity index (χ1n) is 8.50. The van der Waals surface area contributed by atoms with Gasteiger partial charge in [-0.3, -0.25) is 4.79 Å². The Labute approximate surface area is 165 Å². The fourth-order valence-electron chi connectivity index (χ4n) is 3.00. The summed E-state index contributed by atoms with van der Waals surface area (Å²) in [5, 5.41) is 23.1. The van der Waals surface area contributed by atoms with Gasteiger partial charge in [0.15, 0.2) is 0 Å². The largest absolute Gasteiger partial charge is 0.506 e. The van der Waals surface area contributed by atoms with Crippen LogP contribution in [0.25, 0.3) is 10.8 Å². The molecule has 0 saturated carbocycles. The van der Waals surface area contributed by atoms with Gasteiger partial charge in [0.2, 0.25) is 5.91 Å². The fraction of sp³-hybridized carbons (Fsp3) is 0.143. The average molecular weight is 402 g/mol. The smallest absolute Gasteiger partial charge is 0.340 e. The summed E-state index contributed by atoms with van der Waals surface area (Å²) >= 11 is 6.09. The molecule has 28 heavy (non-hydrogen) atoms. The Morgan fingerprint density at radius 2 is 1.93 bits per heavy atom. The number of carboxylic acid groups (broad SMARTS) is 1. The maximum atomic E-state index is 13.7. The van der Waals surface area contributed by atoms with Crippen molar-refractivity contribution in [1.29, 1.82) is 0 Å². The van der Waals surface area contributed by atoms with E-state index in [0.29, 0.717) is 11.8 Å². The summed E-state index contributed by atoms with van der Waals surface area (Å²) in [6, 6.07) is 12.4. The van der Waals surface area contributed by atoms with Crippen LogP contribution >= 0.6 is 11.6 Å². The zero-order chi connectivity index (χ0) is 20.4. The monoisotopic (exact) mass is 401 g/mol. The average Bonchev–Trinajstić information content (AvgIpc) is 2.64. The molecule has 3 aromatic carbocycles.